The molecule has 25 heavy (non-hydrogen) atoms. The van der Waals surface area contributed by atoms with E-state index in [0.717, 1.165) is 35.3 Å². The first-order chi connectivity index (χ1) is 12.1. The van der Waals surface area contributed by atoms with Crippen LogP contribution >= 0.6 is 22.6 Å². The molecule has 1 amide bonds. The molecule has 130 valence electrons. The number of hydrogen-bond donors (Lipinski definition) is 0. The molecule has 0 saturated heterocycles. The molecule has 1 aliphatic heterocycles. The van der Waals surface area contributed by atoms with Gasteiger partial charge in [-0.15, -0.1) is 0 Å². The zero-order valence-electron chi connectivity index (χ0n) is 14.5. The molecule has 2 aromatic carbocycles. The third kappa shape index (κ3) is 4.92. The monoisotopic (exact) mass is 446 g/mol. The van der Waals surface area contributed by atoms with Gasteiger partial charge in [0.2, 0.25) is 5.91 Å². The molecule has 0 N–H and O–H groups in total. The van der Waals surface area contributed by atoms with Crippen LogP contribution in [0.2, 0.25) is 0 Å². The number of para-hydroxylation sites is 1. The quantitative estimate of drug-likeness (QED) is 0.500. The number of rotatable bonds is 5. The first-order valence-corrected chi connectivity index (χ1v) is 9.68. The van der Waals surface area contributed by atoms with Gasteiger partial charge in [-0.2, -0.15) is 0 Å². The molecule has 0 spiro atoms. The van der Waals surface area contributed by atoms with Crippen molar-refractivity contribution in [2.75, 3.05) is 24.5 Å². The van der Waals surface area contributed by atoms with Gasteiger partial charge in [0, 0.05) is 36.7 Å². The van der Waals surface area contributed by atoms with Gasteiger partial charge in [0.05, 0.1) is 5.69 Å². The molecule has 0 aromatic heterocycles. The number of carbonyl (C=O) groups is 1. The van der Waals surface area contributed by atoms with E-state index >= 15 is 0 Å². The highest BCUT2D eigenvalue weighted by Gasteiger charge is 2.18. The number of carbonyl (C=O) groups excluding carboxylic acids is 1. The van der Waals surface area contributed by atoms with Crippen LogP contribution in [-0.4, -0.2) is 30.4 Å². The van der Waals surface area contributed by atoms with Crippen molar-refractivity contribution in [3.8, 4) is 0 Å². The Morgan fingerprint density at radius 3 is 2.48 bits per heavy atom. The minimum Gasteiger partial charge on any atom is -0.308 e. The predicted octanol–water partition coefficient (Wildman–Crippen LogP) is 4.48. The molecule has 0 atom stereocenters. The summed E-state index contributed by atoms with van der Waals surface area (Å²) >= 11 is 2.30. The molecule has 3 nitrogen and oxygen atoms in total. The van der Waals surface area contributed by atoms with Crippen molar-refractivity contribution in [1.82, 2.24) is 4.90 Å². The van der Waals surface area contributed by atoms with Gasteiger partial charge >= 0.3 is 0 Å². The average molecular weight is 446 g/mol. The number of anilines is 1. The predicted molar refractivity (Wildman–Crippen MR) is 112 cm³/mol. The Hall–Kier alpha value is -1.66. The molecular weight excluding hydrogens is 423 g/mol. The van der Waals surface area contributed by atoms with E-state index < -0.39 is 0 Å². The maximum atomic E-state index is 12.2. The standard InChI is InChI=1S/C21H23IN2O/c1-17(25)24(21-10-6-5-9-20(21)22)16-19-11-13-23(14-12-19)15-18-7-3-2-4-8-18/h2-11H,12-16H2,1H3. The summed E-state index contributed by atoms with van der Waals surface area (Å²) in [6.07, 6.45) is 3.30. The van der Waals surface area contributed by atoms with Crippen molar-refractivity contribution in [2.24, 2.45) is 0 Å². The lowest BCUT2D eigenvalue weighted by Crippen LogP contribution is -2.35. The van der Waals surface area contributed by atoms with Crippen LogP contribution in [0.5, 0.6) is 0 Å². The van der Waals surface area contributed by atoms with E-state index in [-0.39, 0.29) is 5.91 Å². The van der Waals surface area contributed by atoms with E-state index in [1.54, 1.807) is 6.92 Å². The second-order valence-electron chi connectivity index (χ2n) is 6.39. The number of amides is 1. The lowest BCUT2D eigenvalue weighted by molar-refractivity contribution is -0.116. The Kier molecular flexibility index (Phi) is 6.26. The topological polar surface area (TPSA) is 23.6 Å². The van der Waals surface area contributed by atoms with Crippen LogP contribution in [0.3, 0.4) is 0 Å². The van der Waals surface area contributed by atoms with Crippen LogP contribution in [0.25, 0.3) is 0 Å². The van der Waals surface area contributed by atoms with Gasteiger partial charge in [-0.05, 0) is 46.7 Å². The molecule has 0 radical (unpaired) electrons. The smallest absolute Gasteiger partial charge is 0.224 e. The van der Waals surface area contributed by atoms with E-state index in [4.69, 9.17) is 0 Å². The van der Waals surface area contributed by atoms with E-state index in [2.05, 4.69) is 63.9 Å². The van der Waals surface area contributed by atoms with Gasteiger partial charge in [-0.3, -0.25) is 9.69 Å². The highest BCUT2D eigenvalue weighted by atomic mass is 127. The number of halogens is 1. The summed E-state index contributed by atoms with van der Waals surface area (Å²) in [5, 5.41) is 0. The Labute approximate surface area is 163 Å². The first kappa shape index (κ1) is 18.1. The Balaban J connectivity index is 1.64. The van der Waals surface area contributed by atoms with Crippen molar-refractivity contribution in [1.29, 1.82) is 0 Å². The summed E-state index contributed by atoms with van der Waals surface area (Å²) in [5.74, 6) is 0.0942. The van der Waals surface area contributed by atoms with Gasteiger partial charge < -0.3 is 4.90 Å². The minimum atomic E-state index is 0.0942. The highest BCUT2D eigenvalue weighted by Crippen LogP contribution is 2.24. The normalized spacial score (nSPS) is 14.9. The zero-order chi connectivity index (χ0) is 17.6. The third-order valence-corrected chi connectivity index (χ3v) is 5.43. The summed E-state index contributed by atoms with van der Waals surface area (Å²) in [7, 11) is 0. The molecule has 2 aromatic rings. The molecule has 4 heteroatoms. The van der Waals surface area contributed by atoms with Crippen LogP contribution in [-0.2, 0) is 11.3 Å². The van der Waals surface area contributed by atoms with E-state index in [1.807, 2.05) is 29.2 Å². The highest BCUT2D eigenvalue weighted by molar-refractivity contribution is 14.1. The maximum Gasteiger partial charge on any atom is 0.224 e. The van der Waals surface area contributed by atoms with Crippen molar-refractivity contribution in [2.45, 2.75) is 19.9 Å². The van der Waals surface area contributed by atoms with Crippen molar-refractivity contribution >= 4 is 34.2 Å². The molecular formula is C21H23IN2O. The molecule has 1 heterocycles. The van der Waals surface area contributed by atoms with Gasteiger partial charge in [-0.1, -0.05) is 54.1 Å². The van der Waals surface area contributed by atoms with Crippen LogP contribution in [0, 0.1) is 3.57 Å². The fourth-order valence-corrected chi connectivity index (χ4v) is 3.80. The first-order valence-electron chi connectivity index (χ1n) is 8.60. The third-order valence-electron chi connectivity index (χ3n) is 4.52. The fraction of sp³-hybridized carbons (Fsp3) is 0.286. The van der Waals surface area contributed by atoms with Gasteiger partial charge in [-0.25, -0.2) is 0 Å². The molecule has 1 aliphatic rings. The SMILES string of the molecule is CC(=O)N(CC1=CCN(Cc2ccccc2)CC1)c1ccccc1I. The molecule has 0 bridgehead atoms. The number of nitrogens with zero attached hydrogens (tertiary/aromatic N) is 2. The molecule has 0 unspecified atom stereocenters. The van der Waals surface area contributed by atoms with Gasteiger partial charge in [0.1, 0.15) is 0 Å². The van der Waals surface area contributed by atoms with E-state index in [9.17, 15) is 4.79 Å². The summed E-state index contributed by atoms with van der Waals surface area (Å²) in [4.78, 5) is 16.5. The van der Waals surface area contributed by atoms with E-state index in [0.29, 0.717) is 6.54 Å². The summed E-state index contributed by atoms with van der Waals surface area (Å²) in [6.45, 7) is 5.31. The number of hydrogen-bond acceptors (Lipinski definition) is 2. The molecule has 0 aliphatic carbocycles. The largest absolute Gasteiger partial charge is 0.308 e. The van der Waals surface area contributed by atoms with E-state index in [1.165, 1.54) is 11.1 Å². The molecule has 0 saturated carbocycles. The second-order valence-corrected chi connectivity index (χ2v) is 7.55. The van der Waals surface area contributed by atoms with Crippen molar-refractivity contribution in [3.63, 3.8) is 0 Å². The Bertz CT molecular complexity index is 758. The number of benzene rings is 2. The van der Waals surface area contributed by atoms with Crippen molar-refractivity contribution in [3.05, 3.63) is 75.4 Å². The van der Waals surface area contributed by atoms with Crippen LogP contribution < -0.4 is 4.90 Å². The molecule has 0 fully saturated rings. The fourth-order valence-electron chi connectivity index (χ4n) is 3.12. The summed E-state index contributed by atoms with van der Waals surface area (Å²) < 4.78 is 1.11. The minimum absolute atomic E-state index is 0.0942. The Morgan fingerprint density at radius 1 is 1.12 bits per heavy atom. The second kappa shape index (κ2) is 8.63. The van der Waals surface area contributed by atoms with Gasteiger partial charge in [0.15, 0.2) is 0 Å². The van der Waals surface area contributed by atoms with Crippen LogP contribution in [0.1, 0.15) is 18.9 Å². The van der Waals surface area contributed by atoms with Crippen LogP contribution in [0.4, 0.5) is 5.69 Å². The lowest BCUT2D eigenvalue weighted by Gasteiger charge is -2.29. The zero-order valence-corrected chi connectivity index (χ0v) is 16.6. The summed E-state index contributed by atoms with van der Waals surface area (Å²) in [6, 6.07) is 18.6. The summed E-state index contributed by atoms with van der Waals surface area (Å²) in [5.41, 5.74) is 3.70. The average Bonchev–Trinajstić information content (AvgIpc) is 2.62. The van der Waals surface area contributed by atoms with Gasteiger partial charge in [0.25, 0.3) is 0 Å². The molecule has 3 rings (SSSR count). The van der Waals surface area contributed by atoms with Crippen molar-refractivity contribution < 1.29 is 4.79 Å². The maximum absolute atomic E-state index is 12.2. The van der Waals surface area contributed by atoms with Crippen LogP contribution in [0.15, 0.2) is 66.2 Å². The Morgan fingerprint density at radius 2 is 1.84 bits per heavy atom. The lowest BCUT2D eigenvalue weighted by atomic mass is 10.1.